The van der Waals surface area contributed by atoms with E-state index in [1.807, 2.05) is 12.1 Å². The molecule has 1 aromatic carbocycles. The number of rotatable bonds is 6. The summed E-state index contributed by atoms with van der Waals surface area (Å²) in [5.41, 5.74) is 1.20. The number of amides is 2. The minimum absolute atomic E-state index is 0.0189. The third-order valence-electron chi connectivity index (χ3n) is 6.60. The van der Waals surface area contributed by atoms with E-state index in [1.54, 1.807) is 22.8 Å². The molecule has 2 fully saturated rings. The quantitative estimate of drug-likeness (QED) is 0.314. The van der Waals surface area contributed by atoms with Gasteiger partial charge in [-0.2, -0.15) is 0 Å². The van der Waals surface area contributed by atoms with Crippen molar-refractivity contribution >= 4 is 41.0 Å². The molecule has 0 radical (unpaired) electrons. The molecular weight excluding hydrogens is 504 g/mol. The highest BCUT2D eigenvalue weighted by Gasteiger charge is 2.24. The van der Waals surface area contributed by atoms with Crippen LogP contribution in [0.1, 0.15) is 12.5 Å². The van der Waals surface area contributed by atoms with E-state index in [-0.39, 0.29) is 24.4 Å². The van der Waals surface area contributed by atoms with Gasteiger partial charge in [0.25, 0.3) is 0 Å². The third-order valence-corrected chi connectivity index (χ3v) is 7.63. The number of fused-ring (bicyclic) bond motifs is 1. The van der Waals surface area contributed by atoms with Crippen LogP contribution in [0.25, 0.3) is 0 Å². The molecule has 0 saturated carbocycles. The zero-order chi connectivity index (χ0) is 25.1. The molecule has 0 N–H and O–H groups in total. The minimum atomic E-state index is 0.0189. The molecule has 12 heteroatoms. The van der Waals surface area contributed by atoms with Crippen LogP contribution in [0.3, 0.4) is 0 Å². The van der Waals surface area contributed by atoms with Crippen molar-refractivity contribution in [2.45, 2.75) is 18.6 Å². The maximum Gasteiger partial charge on any atom is 0.233 e. The zero-order valence-corrected chi connectivity index (χ0v) is 21.8. The average Bonchev–Trinajstić information content (AvgIpc) is 3.35. The number of ether oxygens (including phenoxy) is 2. The molecule has 36 heavy (non-hydrogen) atoms. The first-order valence-corrected chi connectivity index (χ1v) is 13.4. The summed E-state index contributed by atoms with van der Waals surface area (Å²) in [6, 6.07) is 7.87. The standard InChI is InChI=1S/C24H29ClN6O4S/c1-17(32)29-8-10-31(11-9-29)23(33)15-36-24-26-21(25)13-22(27-24)30-6-4-28(5-7-30)14-18-2-3-19-20(12-18)35-16-34-19/h2-3,12-13H,4-11,14-16H2,1H3. The summed E-state index contributed by atoms with van der Waals surface area (Å²) >= 11 is 7.60. The number of hydrogen-bond acceptors (Lipinski definition) is 9. The van der Waals surface area contributed by atoms with Crippen molar-refractivity contribution in [2.75, 3.05) is 69.8 Å². The lowest BCUT2D eigenvalue weighted by molar-refractivity contribution is -0.136. The smallest absolute Gasteiger partial charge is 0.233 e. The van der Waals surface area contributed by atoms with Gasteiger partial charge >= 0.3 is 0 Å². The Morgan fingerprint density at radius 2 is 1.67 bits per heavy atom. The lowest BCUT2D eigenvalue weighted by Gasteiger charge is -2.35. The van der Waals surface area contributed by atoms with Crippen LogP contribution >= 0.6 is 23.4 Å². The van der Waals surface area contributed by atoms with Crippen LogP contribution in [0, 0.1) is 0 Å². The second-order valence-corrected chi connectivity index (χ2v) is 10.3. The molecule has 0 aliphatic carbocycles. The summed E-state index contributed by atoms with van der Waals surface area (Å²) < 4.78 is 10.9. The van der Waals surface area contributed by atoms with Gasteiger partial charge in [0.05, 0.1) is 5.75 Å². The van der Waals surface area contributed by atoms with Crippen molar-refractivity contribution in [3.63, 3.8) is 0 Å². The first-order chi connectivity index (χ1) is 17.4. The first kappa shape index (κ1) is 24.9. The van der Waals surface area contributed by atoms with Crippen LogP contribution in [0.5, 0.6) is 11.5 Å². The number of carbonyl (C=O) groups is 2. The highest BCUT2D eigenvalue weighted by Crippen LogP contribution is 2.33. The van der Waals surface area contributed by atoms with E-state index in [0.29, 0.717) is 36.5 Å². The van der Waals surface area contributed by atoms with Crippen LogP contribution in [0.4, 0.5) is 5.82 Å². The minimum Gasteiger partial charge on any atom is -0.454 e. The van der Waals surface area contributed by atoms with Gasteiger partial charge in [0.1, 0.15) is 11.0 Å². The SMILES string of the molecule is CC(=O)N1CCN(C(=O)CSc2nc(Cl)cc(N3CCN(Cc4ccc5c(c4)OCO5)CC3)n2)CC1. The number of nitrogens with zero attached hydrogens (tertiary/aromatic N) is 6. The van der Waals surface area contributed by atoms with Crippen molar-refractivity contribution in [1.29, 1.82) is 0 Å². The van der Waals surface area contributed by atoms with E-state index in [1.165, 1.54) is 17.3 Å². The fourth-order valence-corrected chi connectivity index (χ4v) is 5.52. The van der Waals surface area contributed by atoms with Crippen molar-refractivity contribution < 1.29 is 19.1 Å². The number of benzene rings is 1. The predicted octanol–water partition coefficient (Wildman–Crippen LogP) is 1.96. The predicted molar refractivity (Wildman–Crippen MR) is 137 cm³/mol. The highest BCUT2D eigenvalue weighted by atomic mass is 35.5. The van der Waals surface area contributed by atoms with Gasteiger partial charge in [-0.15, -0.1) is 0 Å². The second-order valence-electron chi connectivity index (χ2n) is 8.96. The monoisotopic (exact) mass is 532 g/mol. The van der Waals surface area contributed by atoms with Gasteiger partial charge in [-0.1, -0.05) is 29.4 Å². The normalized spacial score (nSPS) is 18.0. The van der Waals surface area contributed by atoms with Gasteiger partial charge in [0.2, 0.25) is 18.6 Å². The number of anilines is 1. The van der Waals surface area contributed by atoms with Gasteiger partial charge in [-0.25, -0.2) is 9.97 Å². The molecule has 0 atom stereocenters. The van der Waals surface area contributed by atoms with Crippen molar-refractivity contribution in [3.05, 3.63) is 35.0 Å². The fraction of sp³-hybridized carbons (Fsp3) is 0.500. The Morgan fingerprint density at radius 1 is 0.944 bits per heavy atom. The summed E-state index contributed by atoms with van der Waals surface area (Å²) in [6.45, 7) is 8.36. The van der Waals surface area contributed by atoms with Crippen molar-refractivity contribution in [2.24, 2.45) is 0 Å². The van der Waals surface area contributed by atoms with Crippen LogP contribution in [-0.4, -0.2) is 101 Å². The lowest BCUT2D eigenvalue weighted by Crippen LogP contribution is -2.50. The third kappa shape index (κ3) is 5.96. The molecule has 1 aromatic heterocycles. The van der Waals surface area contributed by atoms with Crippen LogP contribution in [0.2, 0.25) is 5.15 Å². The maximum atomic E-state index is 12.7. The second kappa shape index (κ2) is 11.1. The van der Waals surface area contributed by atoms with E-state index in [2.05, 4.69) is 25.8 Å². The molecular formula is C24H29ClN6O4S. The number of aromatic nitrogens is 2. The Morgan fingerprint density at radius 3 is 2.42 bits per heavy atom. The van der Waals surface area contributed by atoms with E-state index in [0.717, 1.165) is 50.0 Å². The van der Waals surface area contributed by atoms with E-state index >= 15 is 0 Å². The molecule has 3 aliphatic heterocycles. The number of thioether (sulfide) groups is 1. The number of hydrogen-bond donors (Lipinski definition) is 0. The zero-order valence-electron chi connectivity index (χ0n) is 20.2. The largest absolute Gasteiger partial charge is 0.454 e. The molecule has 2 saturated heterocycles. The summed E-state index contributed by atoms with van der Waals surface area (Å²) in [6.07, 6.45) is 0. The summed E-state index contributed by atoms with van der Waals surface area (Å²) in [5.74, 6) is 2.69. The number of carbonyl (C=O) groups excluding carboxylic acids is 2. The Kier molecular flexibility index (Phi) is 7.68. The van der Waals surface area contributed by atoms with Crippen LogP contribution in [-0.2, 0) is 16.1 Å². The number of halogens is 1. The molecule has 4 heterocycles. The van der Waals surface area contributed by atoms with Gasteiger partial charge < -0.3 is 24.2 Å². The molecule has 0 bridgehead atoms. The van der Waals surface area contributed by atoms with Crippen molar-refractivity contribution in [3.8, 4) is 11.5 Å². The van der Waals surface area contributed by atoms with Gasteiger partial charge in [0, 0.05) is 71.9 Å². The molecule has 2 aromatic rings. The van der Waals surface area contributed by atoms with E-state index < -0.39 is 0 Å². The van der Waals surface area contributed by atoms with Crippen LogP contribution < -0.4 is 14.4 Å². The highest BCUT2D eigenvalue weighted by molar-refractivity contribution is 7.99. The first-order valence-electron chi connectivity index (χ1n) is 12.0. The Hall–Kier alpha value is -2.76. The summed E-state index contributed by atoms with van der Waals surface area (Å²) in [7, 11) is 0. The molecule has 0 spiro atoms. The van der Waals surface area contributed by atoms with E-state index in [4.69, 9.17) is 21.1 Å². The molecule has 0 unspecified atom stereocenters. The maximum absolute atomic E-state index is 12.7. The fourth-order valence-electron chi connectivity index (χ4n) is 4.53. The molecule has 192 valence electrons. The summed E-state index contributed by atoms with van der Waals surface area (Å²) in [4.78, 5) is 41.3. The molecule has 3 aliphatic rings. The van der Waals surface area contributed by atoms with Gasteiger partial charge in [0.15, 0.2) is 16.7 Å². The summed E-state index contributed by atoms with van der Waals surface area (Å²) in [5, 5.41) is 0.865. The van der Waals surface area contributed by atoms with Crippen molar-refractivity contribution in [1.82, 2.24) is 24.7 Å². The lowest BCUT2D eigenvalue weighted by atomic mass is 10.1. The topological polar surface area (TPSA) is 91.3 Å². The van der Waals surface area contributed by atoms with Gasteiger partial charge in [-0.05, 0) is 17.7 Å². The Balaban J connectivity index is 1.12. The van der Waals surface area contributed by atoms with E-state index in [9.17, 15) is 9.59 Å². The molecule has 2 amide bonds. The Labute approximate surface area is 219 Å². The number of piperazine rings is 2. The van der Waals surface area contributed by atoms with Gasteiger partial charge in [-0.3, -0.25) is 14.5 Å². The average molecular weight is 533 g/mol. The molecule has 10 nitrogen and oxygen atoms in total. The molecule has 5 rings (SSSR count). The Bertz CT molecular complexity index is 1120. The van der Waals surface area contributed by atoms with Crippen LogP contribution in [0.15, 0.2) is 29.4 Å².